The van der Waals surface area contributed by atoms with Gasteiger partial charge in [0.15, 0.2) is 5.82 Å². The summed E-state index contributed by atoms with van der Waals surface area (Å²) in [4.78, 5) is 0. The lowest BCUT2D eigenvalue weighted by atomic mass is 9.96. The molecule has 0 N–H and O–H groups in total. The molecule has 0 fully saturated rings. The van der Waals surface area contributed by atoms with Crippen molar-refractivity contribution < 1.29 is 4.39 Å². The zero-order valence-electron chi connectivity index (χ0n) is 17.7. The van der Waals surface area contributed by atoms with E-state index in [1.54, 1.807) is 0 Å². The molecule has 0 saturated heterocycles. The Morgan fingerprint density at radius 3 is 2.42 bits per heavy atom. The van der Waals surface area contributed by atoms with Gasteiger partial charge in [-0.2, -0.15) is 0 Å². The Morgan fingerprint density at radius 2 is 1.71 bits per heavy atom. The quantitative estimate of drug-likeness (QED) is 0.327. The fraction of sp³-hybridized carbons (Fsp3) is 0.231. The number of halogens is 2. The van der Waals surface area contributed by atoms with E-state index in [9.17, 15) is 4.39 Å². The largest absolute Gasteiger partial charge is 0.311 e. The second-order valence-corrected chi connectivity index (χ2v) is 8.43. The summed E-state index contributed by atoms with van der Waals surface area (Å²) in [5.74, 6) is 1.82. The van der Waals surface area contributed by atoms with Crippen molar-refractivity contribution in [3.05, 3.63) is 106 Å². The van der Waals surface area contributed by atoms with E-state index in [0.29, 0.717) is 17.5 Å². The smallest absolute Gasteiger partial charge is 0.164 e. The highest BCUT2D eigenvalue weighted by atomic mass is 35.5. The molecule has 0 spiro atoms. The van der Waals surface area contributed by atoms with E-state index in [-0.39, 0.29) is 5.82 Å². The normalized spacial score (nSPS) is 12.1. The maximum Gasteiger partial charge on any atom is 0.164 e. The molecular weight excluding hydrogens is 409 g/mol. The molecule has 4 aromatic rings. The summed E-state index contributed by atoms with van der Waals surface area (Å²) in [5.41, 5.74) is 4.54. The highest BCUT2D eigenvalue weighted by Crippen LogP contribution is 2.26. The highest BCUT2D eigenvalue weighted by molar-refractivity contribution is 6.30. The molecule has 1 aromatic heterocycles. The zero-order chi connectivity index (χ0) is 21.8. The summed E-state index contributed by atoms with van der Waals surface area (Å²) < 4.78 is 15.4. The maximum atomic E-state index is 13.3. The lowest BCUT2D eigenvalue weighted by molar-refractivity contribution is 0.614. The lowest BCUT2D eigenvalue weighted by Gasteiger charge is -2.15. The Morgan fingerprint density at radius 1 is 0.968 bits per heavy atom. The van der Waals surface area contributed by atoms with Gasteiger partial charge in [-0.1, -0.05) is 72.6 Å². The van der Waals surface area contributed by atoms with Gasteiger partial charge in [0.2, 0.25) is 0 Å². The molecule has 0 bridgehead atoms. The minimum absolute atomic E-state index is 0.222. The van der Waals surface area contributed by atoms with Crippen LogP contribution in [0.2, 0.25) is 5.02 Å². The van der Waals surface area contributed by atoms with Crippen molar-refractivity contribution in [3.8, 4) is 11.4 Å². The minimum atomic E-state index is -0.222. The van der Waals surface area contributed by atoms with Crippen molar-refractivity contribution in [3.63, 3.8) is 0 Å². The third-order valence-corrected chi connectivity index (χ3v) is 5.82. The molecule has 1 atom stereocenters. The Bertz CT molecular complexity index is 1150. The molecular formula is C26H25ClFN3. The predicted molar refractivity (Wildman–Crippen MR) is 124 cm³/mol. The Hall–Kier alpha value is -2.98. The minimum Gasteiger partial charge on any atom is -0.311 e. The van der Waals surface area contributed by atoms with Crippen molar-refractivity contribution in [2.75, 3.05) is 0 Å². The van der Waals surface area contributed by atoms with Crippen LogP contribution in [0.1, 0.15) is 35.4 Å². The average Bonchev–Trinajstić information content (AvgIpc) is 3.16. The van der Waals surface area contributed by atoms with Crippen LogP contribution < -0.4 is 0 Å². The first-order valence-corrected chi connectivity index (χ1v) is 10.9. The van der Waals surface area contributed by atoms with Gasteiger partial charge in [-0.25, -0.2) is 4.39 Å². The van der Waals surface area contributed by atoms with Crippen LogP contribution in [0.4, 0.5) is 4.39 Å². The number of aryl methyl sites for hydroxylation is 2. The van der Waals surface area contributed by atoms with Crippen LogP contribution in [-0.4, -0.2) is 14.8 Å². The van der Waals surface area contributed by atoms with Gasteiger partial charge in [-0.05, 0) is 54.7 Å². The van der Waals surface area contributed by atoms with Crippen LogP contribution in [0.3, 0.4) is 0 Å². The lowest BCUT2D eigenvalue weighted by Crippen LogP contribution is -2.11. The van der Waals surface area contributed by atoms with Crippen molar-refractivity contribution in [2.24, 2.45) is 0 Å². The first-order valence-electron chi connectivity index (χ1n) is 10.5. The van der Waals surface area contributed by atoms with Crippen molar-refractivity contribution >= 4 is 11.6 Å². The molecule has 0 saturated carbocycles. The summed E-state index contributed by atoms with van der Waals surface area (Å²) in [5, 5.41) is 9.72. The van der Waals surface area contributed by atoms with E-state index in [1.807, 2.05) is 36.4 Å². The number of hydrogen-bond donors (Lipinski definition) is 0. The van der Waals surface area contributed by atoms with E-state index >= 15 is 0 Å². The van der Waals surface area contributed by atoms with Gasteiger partial charge in [0.1, 0.15) is 11.6 Å². The van der Waals surface area contributed by atoms with Crippen LogP contribution >= 0.6 is 11.6 Å². The van der Waals surface area contributed by atoms with Crippen LogP contribution in [0.5, 0.6) is 0 Å². The van der Waals surface area contributed by atoms with Gasteiger partial charge in [0.25, 0.3) is 0 Å². The molecule has 0 aliphatic carbocycles. The average molecular weight is 434 g/mol. The molecule has 0 aliphatic heterocycles. The SMILES string of the molecule is Cc1ccc(C(C)Cc2nnc(-c3cccc(Cl)c3)n2CCc2ccc(F)cc2)cc1. The van der Waals surface area contributed by atoms with Crippen LogP contribution in [0.25, 0.3) is 11.4 Å². The molecule has 1 unspecified atom stereocenters. The molecule has 31 heavy (non-hydrogen) atoms. The molecule has 158 valence electrons. The fourth-order valence-corrected chi connectivity index (χ4v) is 3.93. The van der Waals surface area contributed by atoms with E-state index in [1.165, 1.54) is 23.3 Å². The van der Waals surface area contributed by atoms with E-state index in [2.05, 4.69) is 52.9 Å². The van der Waals surface area contributed by atoms with Crippen molar-refractivity contribution in [1.82, 2.24) is 14.8 Å². The third-order valence-electron chi connectivity index (χ3n) is 5.58. The van der Waals surface area contributed by atoms with Gasteiger partial charge in [-0.3, -0.25) is 0 Å². The Labute approximate surface area is 187 Å². The molecule has 4 rings (SSSR count). The van der Waals surface area contributed by atoms with E-state index in [0.717, 1.165) is 35.6 Å². The standard InChI is InChI=1S/C26H25ClFN3/c1-18-6-10-21(11-7-18)19(2)16-25-29-30-26(22-4-3-5-23(27)17-22)31(25)15-14-20-8-12-24(28)13-9-20/h3-13,17,19H,14-16H2,1-2H3. The fourth-order valence-electron chi connectivity index (χ4n) is 3.74. The number of nitrogens with zero attached hydrogens (tertiary/aromatic N) is 3. The second-order valence-electron chi connectivity index (χ2n) is 7.99. The summed E-state index contributed by atoms with van der Waals surface area (Å²) in [7, 11) is 0. The molecule has 0 amide bonds. The molecule has 5 heteroatoms. The first-order chi connectivity index (χ1) is 15.0. The third kappa shape index (κ3) is 5.20. The molecule has 0 radical (unpaired) electrons. The Kier molecular flexibility index (Phi) is 6.47. The zero-order valence-corrected chi connectivity index (χ0v) is 18.5. The topological polar surface area (TPSA) is 30.7 Å². The van der Waals surface area contributed by atoms with Crippen LogP contribution in [-0.2, 0) is 19.4 Å². The molecule has 3 aromatic carbocycles. The van der Waals surface area contributed by atoms with Gasteiger partial charge >= 0.3 is 0 Å². The van der Waals surface area contributed by atoms with Crippen LogP contribution in [0.15, 0.2) is 72.8 Å². The number of aromatic nitrogens is 3. The summed E-state index contributed by atoms with van der Waals surface area (Å²) in [6.07, 6.45) is 1.54. The Balaban J connectivity index is 1.63. The van der Waals surface area contributed by atoms with Crippen molar-refractivity contribution in [2.45, 2.75) is 39.2 Å². The van der Waals surface area contributed by atoms with Crippen LogP contribution in [0, 0.1) is 12.7 Å². The number of hydrogen-bond acceptors (Lipinski definition) is 2. The predicted octanol–water partition coefficient (Wildman–Crippen LogP) is 6.63. The van der Waals surface area contributed by atoms with Gasteiger partial charge in [0.05, 0.1) is 0 Å². The monoisotopic (exact) mass is 433 g/mol. The molecule has 1 heterocycles. The summed E-state index contributed by atoms with van der Waals surface area (Å²) in [6.45, 7) is 5.01. The first kappa shape index (κ1) is 21.3. The number of benzene rings is 3. The molecule has 0 aliphatic rings. The summed E-state index contributed by atoms with van der Waals surface area (Å²) in [6, 6.07) is 23.0. The van der Waals surface area contributed by atoms with Gasteiger partial charge in [-0.15, -0.1) is 10.2 Å². The molecule has 3 nitrogen and oxygen atoms in total. The van der Waals surface area contributed by atoms with Crippen molar-refractivity contribution in [1.29, 1.82) is 0 Å². The van der Waals surface area contributed by atoms with Gasteiger partial charge < -0.3 is 4.57 Å². The summed E-state index contributed by atoms with van der Waals surface area (Å²) >= 11 is 6.23. The highest BCUT2D eigenvalue weighted by Gasteiger charge is 2.17. The maximum absolute atomic E-state index is 13.3. The van der Waals surface area contributed by atoms with Gasteiger partial charge in [0, 0.05) is 23.6 Å². The number of rotatable bonds is 7. The van der Waals surface area contributed by atoms with E-state index < -0.39 is 0 Å². The van der Waals surface area contributed by atoms with E-state index in [4.69, 9.17) is 11.6 Å². The second kappa shape index (κ2) is 9.44.